The molecule has 1 aliphatic carbocycles. The van der Waals surface area contributed by atoms with Crippen molar-refractivity contribution < 1.29 is 0 Å². The third-order valence-corrected chi connectivity index (χ3v) is 3.88. The first-order chi connectivity index (χ1) is 8.83. The van der Waals surface area contributed by atoms with Crippen LogP contribution >= 0.6 is 15.9 Å². The summed E-state index contributed by atoms with van der Waals surface area (Å²) in [5, 5.41) is 3.62. The fourth-order valence-corrected chi connectivity index (χ4v) is 2.98. The summed E-state index contributed by atoms with van der Waals surface area (Å²) in [6, 6.07) is 11.3. The van der Waals surface area contributed by atoms with Crippen molar-refractivity contribution in [2.75, 3.05) is 0 Å². The molecule has 1 aliphatic rings. The van der Waals surface area contributed by atoms with Gasteiger partial charge in [-0.05, 0) is 51.5 Å². The third-order valence-electron chi connectivity index (χ3n) is 3.45. The van der Waals surface area contributed by atoms with E-state index in [0.29, 0.717) is 6.04 Å². The summed E-state index contributed by atoms with van der Waals surface area (Å²) in [7, 11) is 0. The van der Waals surface area contributed by atoms with E-state index in [1.165, 1.54) is 29.5 Å². The molecule has 0 bridgehead atoms. The molecule has 18 heavy (non-hydrogen) atoms. The summed E-state index contributed by atoms with van der Waals surface area (Å²) in [4.78, 5) is 4.19. The lowest BCUT2D eigenvalue weighted by Gasteiger charge is -2.14. The van der Waals surface area contributed by atoms with Crippen LogP contribution in [0.25, 0.3) is 0 Å². The minimum absolute atomic E-state index is 0.486. The number of hydrogen-bond donors (Lipinski definition) is 1. The van der Waals surface area contributed by atoms with Crippen molar-refractivity contribution in [3.63, 3.8) is 0 Å². The summed E-state index contributed by atoms with van der Waals surface area (Å²) in [6.07, 6.45) is 6.11. The lowest BCUT2D eigenvalue weighted by molar-refractivity contribution is 0.529. The molecule has 0 spiro atoms. The highest BCUT2D eigenvalue weighted by Gasteiger charge is 2.20. The van der Waals surface area contributed by atoms with E-state index < -0.39 is 0 Å². The van der Waals surface area contributed by atoms with E-state index in [1.807, 2.05) is 12.4 Å². The van der Waals surface area contributed by atoms with Gasteiger partial charge in [-0.1, -0.05) is 24.3 Å². The van der Waals surface area contributed by atoms with Crippen molar-refractivity contribution >= 4 is 15.9 Å². The topological polar surface area (TPSA) is 24.9 Å². The lowest BCUT2D eigenvalue weighted by atomic mass is 10.1. The first kappa shape index (κ1) is 11.9. The predicted molar refractivity (Wildman–Crippen MR) is 76.3 cm³/mol. The standard InChI is InChI=1S/C15H15BrN2/c16-13-7-11(8-17-10-13)9-18-15-6-5-12-3-1-2-4-14(12)15/h1-4,7-8,10,15,18H,5-6,9H2. The monoisotopic (exact) mass is 302 g/mol. The molecular weight excluding hydrogens is 288 g/mol. The molecular formula is C15H15BrN2. The van der Waals surface area contributed by atoms with Gasteiger partial charge in [0.2, 0.25) is 0 Å². The number of fused-ring (bicyclic) bond motifs is 1. The normalized spacial score (nSPS) is 17.7. The average molecular weight is 303 g/mol. The molecule has 3 rings (SSSR count). The number of rotatable bonds is 3. The third kappa shape index (κ3) is 2.47. The van der Waals surface area contributed by atoms with E-state index in [4.69, 9.17) is 0 Å². The molecule has 2 aromatic rings. The van der Waals surface area contributed by atoms with Crippen LogP contribution in [0.4, 0.5) is 0 Å². The Morgan fingerprint density at radius 2 is 2.17 bits per heavy atom. The Morgan fingerprint density at radius 3 is 3.06 bits per heavy atom. The number of aromatic nitrogens is 1. The van der Waals surface area contributed by atoms with Crippen LogP contribution in [-0.2, 0) is 13.0 Å². The molecule has 1 aromatic heterocycles. The zero-order chi connectivity index (χ0) is 12.4. The van der Waals surface area contributed by atoms with Gasteiger partial charge in [0.25, 0.3) is 0 Å². The molecule has 1 aromatic carbocycles. The highest BCUT2D eigenvalue weighted by molar-refractivity contribution is 9.10. The average Bonchev–Trinajstić information content (AvgIpc) is 2.80. The molecule has 92 valence electrons. The highest BCUT2D eigenvalue weighted by atomic mass is 79.9. The Morgan fingerprint density at radius 1 is 1.28 bits per heavy atom. The number of nitrogens with one attached hydrogen (secondary N) is 1. The summed E-state index contributed by atoms with van der Waals surface area (Å²) >= 11 is 3.45. The van der Waals surface area contributed by atoms with Crippen LogP contribution in [0.1, 0.15) is 29.2 Å². The molecule has 0 saturated carbocycles. The number of benzene rings is 1. The second-order valence-corrected chi connectivity index (χ2v) is 5.60. The number of nitrogens with zero attached hydrogens (tertiary/aromatic N) is 1. The quantitative estimate of drug-likeness (QED) is 0.937. The van der Waals surface area contributed by atoms with Gasteiger partial charge >= 0.3 is 0 Å². The number of pyridine rings is 1. The summed E-state index contributed by atoms with van der Waals surface area (Å²) < 4.78 is 1.04. The van der Waals surface area contributed by atoms with Gasteiger partial charge in [0.15, 0.2) is 0 Å². The zero-order valence-corrected chi connectivity index (χ0v) is 11.7. The number of halogens is 1. The highest BCUT2D eigenvalue weighted by Crippen LogP contribution is 2.30. The van der Waals surface area contributed by atoms with E-state index in [2.05, 4.69) is 56.6 Å². The smallest absolute Gasteiger partial charge is 0.0410 e. The molecule has 0 aliphatic heterocycles. The van der Waals surface area contributed by atoms with Gasteiger partial charge in [0, 0.05) is 29.5 Å². The number of aryl methyl sites for hydroxylation is 1. The molecule has 1 unspecified atom stereocenters. The van der Waals surface area contributed by atoms with Crippen LogP contribution in [0.2, 0.25) is 0 Å². The fourth-order valence-electron chi connectivity index (χ4n) is 2.56. The van der Waals surface area contributed by atoms with E-state index in [1.54, 1.807) is 0 Å². The van der Waals surface area contributed by atoms with Gasteiger partial charge in [-0.15, -0.1) is 0 Å². The molecule has 0 radical (unpaired) electrons. The maximum absolute atomic E-state index is 4.19. The molecule has 1 heterocycles. The Balaban J connectivity index is 1.69. The predicted octanol–water partition coefficient (Wildman–Crippen LogP) is 3.62. The summed E-state index contributed by atoms with van der Waals surface area (Å²) in [5.74, 6) is 0. The van der Waals surface area contributed by atoms with E-state index in [0.717, 1.165) is 11.0 Å². The van der Waals surface area contributed by atoms with Crippen molar-refractivity contribution in [3.05, 3.63) is 63.9 Å². The second-order valence-electron chi connectivity index (χ2n) is 4.68. The maximum atomic E-state index is 4.19. The first-order valence-corrected chi connectivity index (χ1v) is 7.03. The number of hydrogen-bond acceptors (Lipinski definition) is 2. The Bertz CT molecular complexity index is 554. The minimum atomic E-state index is 0.486. The molecule has 1 atom stereocenters. The van der Waals surface area contributed by atoms with Gasteiger partial charge in [0.05, 0.1) is 0 Å². The van der Waals surface area contributed by atoms with Crippen LogP contribution in [0.3, 0.4) is 0 Å². The van der Waals surface area contributed by atoms with Crippen molar-refractivity contribution in [1.82, 2.24) is 10.3 Å². The van der Waals surface area contributed by atoms with Crippen molar-refractivity contribution in [3.8, 4) is 0 Å². The first-order valence-electron chi connectivity index (χ1n) is 6.23. The molecule has 2 nitrogen and oxygen atoms in total. The van der Waals surface area contributed by atoms with Gasteiger partial charge in [0.1, 0.15) is 0 Å². The Hall–Kier alpha value is -1.19. The molecule has 0 amide bonds. The Labute approximate surface area is 116 Å². The summed E-state index contributed by atoms with van der Waals surface area (Å²) in [6.45, 7) is 0.867. The molecule has 0 saturated heterocycles. The van der Waals surface area contributed by atoms with Gasteiger partial charge in [-0.3, -0.25) is 4.98 Å². The van der Waals surface area contributed by atoms with Crippen LogP contribution in [0.5, 0.6) is 0 Å². The van der Waals surface area contributed by atoms with E-state index in [9.17, 15) is 0 Å². The summed E-state index contributed by atoms with van der Waals surface area (Å²) in [5.41, 5.74) is 4.16. The molecule has 0 fully saturated rings. The van der Waals surface area contributed by atoms with E-state index >= 15 is 0 Å². The van der Waals surface area contributed by atoms with Crippen molar-refractivity contribution in [1.29, 1.82) is 0 Å². The van der Waals surface area contributed by atoms with Crippen molar-refractivity contribution in [2.45, 2.75) is 25.4 Å². The molecule has 1 N–H and O–H groups in total. The second kappa shape index (κ2) is 5.21. The van der Waals surface area contributed by atoms with Crippen LogP contribution in [0, 0.1) is 0 Å². The molecule has 3 heteroatoms. The minimum Gasteiger partial charge on any atom is -0.306 e. The Kier molecular flexibility index (Phi) is 3.43. The van der Waals surface area contributed by atoms with Gasteiger partial charge in [-0.25, -0.2) is 0 Å². The largest absolute Gasteiger partial charge is 0.306 e. The van der Waals surface area contributed by atoms with Crippen LogP contribution in [0.15, 0.2) is 47.2 Å². The van der Waals surface area contributed by atoms with Crippen LogP contribution in [-0.4, -0.2) is 4.98 Å². The zero-order valence-electron chi connectivity index (χ0n) is 10.1. The lowest BCUT2D eigenvalue weighted by Crippen LogP contribution is -2.18. The maximum Gasteiger partial charge on any atom is 0.0410 e. The van der Waals surface area contributed by atoms with E-state index in [-0.39, 0.29) is 0 Å². The van der Waals surface area contributed by atoms with Crippen LogP contribution < -0.4 is 5.32 Å². The fraction of sp³-hybridized carbons (Fsp3) is 0.267. The SMILES string of the molecule is Brc1cncc(CNC2CCc3ccccc32)c1. The van der Waals surface area contributed by atoms with Crippen molar-refractivity contribution in [2.24, 2.45) is 0 Å². The van der Waals surface area contributed by atoms with Gasteiger partial charge < -0.3 is 5.32 Å². The van der Waals surface area contributed by atoms with Gasteiger partial charge in [-0.2, -0.15) is 0 Å².